The number of benzene rings is 2. The highest BCUT2D eigenvalue weighted by atomic mass is 16.6. The summed E-state index contributed by atoms with van der Waals surface area (Å²) in [7, 11) is 0. The number of fused-ring (bicyclic) bond motifs is 1. The second kappa shape index (κ2) is 8.14. The Morgan fingerprint density at radius 2 is 1.87 bits per heavy atom. The van der Waals surface area contributed by atoms with E-state index in [1.54, 1.807) is 6.92 Å². The highest BCUT2D eigenvalue weighted by Gasteiger charge is 2.35. The van der Waals surface area contributed by atoms with Crippen molar-refractivity contribution in [1.82, 2.24) is 0 Å². The standard InChI is InChI=1S/C22H25N3O5/c1-5-18-21(27)24(17-12-16(25(28)29)10-11-19(17)30-18)13-20(26)23-15-8-6-14(7-9-15)22(2,3)4/h6-12,18H,5,13H2,1-4H3,(H,23,26). The van der Waals surface area contributed by atoms with Crippen molar-refractivity contribution < 1.29 is 19.2 Å². The molecule has 0 radical (unpaired) electrons. The normalized spacial score (nSPS) is 15.9. The molecule has 1 heterocycles. The van der Waals surface area contributed by atoms with Crippen molar-refractivity contribution in [2.75, 3.05) is 16.8 Å². The Bertz CT molecular complexity index is 979. The number of nitro groups is 1. The number of ether oxygens (including phenoxy) is 1. The molecule has 1 N–H and O–H groups in total. The summed E-state index contributed by atoms with van der Waals surface area (Å²) in [5.74, 6) is -0.459. The maximum absolute atomic E-state index is 12.8. The summed E-state index contributed by atoms with van der Waals surface area (Å²) in [5.41, 5.74) is 1.78. The fourth-order valence-corrected chi connectivity index (χ4v) is 3.24. The molecule has 1 aliphatic heterocycles. The van der Waals surface area contributed by atoms with Gasteiger partial charge in [0.15, 0.2) is 6.10 Å². The van der Waals surface area contributed by atoms with Crippen molar-refractivity contribution in [2.45, 2.75) is 45.6 Å². The number of rotatable bonds is 5. The Morgan fingerprint density at radius 3 is 2.43 bits per heavy atom. The number of non-ortho nitro benzene ring substituents is 1. The van der Waals surface area contributed by atoms with E-state index in [2.05, 4.69) is 26.1 Å². The molecule has 1 unspecified atom stereocenters. The van der Waals surface area contributed by atoms with Crippen LogP contribution in [0.2, 0.25) is 0 Å². The number of amides is 2. The van der Waals surface area contributed by atoms with Crippen LogP contribution in [0.15, 0.2) is 42.5 Å². The maximum Gasteiger partial charge on any atom is 0.271 e. The largest absolute Gasteiger partial charge is 0.478 e. The van der Waals surface area contributed by atoms with E-state index < -0.39 is 22.8 Å². The topological polar surface area (TPSA) is 102 Å². The number of carbonyl (C=O) groups is 2. The highest BCUT2D eigenvalue weighted by molar-refractivity contribution is 6.06. The Kier molecular flexibility index (Phi) is 5.78. The average Bonchev–Trinajstić information content (AvgIpc) is 2.69. The van der Waals surface area contributed by atoms with Gasteiger partial charge in [-0.3, -0.25) is 24.6 Å². The summed E-state index contributed by atoms with van der Waals surface area (Å²) in [6.07, 6.45) is -0.320. The molecule has 30 heavy (non-hydrogen) atoms. The maximum atomic E-state index is 12.8. The third kappa shape index (κ3) is 4.42. The molecule has 8 nitrogen and oxygen atoms in total. The summed E-state index contributed by atoms with van der Waals surface area (Å²) in [6, 6.07) is 11.5. The first-order valence-electron chi connectivity index (χ1n) is 9.77. The van der Waals surface area contributed by atoms with Crippen LogP contribution in [0.1, 0.15) is 39.7 Å². The first-order chi connectivity index (χ1) is 14.1. The number of anilines is 2. The van der Waals surface area contributed by atoms with Gasteiger partial charge in [0.25, 0.3) is 11.6 Å². The van der Waals surface area contributed by atoms with Gasteiger partial charge in [-0.1, -0.05) is 39.8 Å². The molecule has 0 saturated carbocycles. The van der Waals surface area contributed by atoms with Gasteiger partial charge in [0.05, 0.1) is 10.6 Å². The molecule has 0 aromatic heterocycles. The first-order valence-corrected chi connectivity index (χ1v) is 9.77. The smallest absolute Gasteiger partial charge is 0.271 e. The molecule has 0 spiro atoms. The van der Waals surface area contributed by atoms with Crippen LogP contribution in [0.3, 0.4) is 0 Å². The zero-order chi connectivity index (χ0) is 22.1. The van der Waals surface area contributed by atoms with Crippen LogP contribution in [0.5, 0.6) is 5.75 Å². The van der Waals surface area contributed by atoms with Gasteiger partial charge in [-0.15, -0.1) is 0 Å². The van der Waals surface area contributed by atoms with E-state index in [0.29, 0.717) is 17.9 Å². The molecule has 158 valence electrons. The molecule has 0 fully saturated rings. The van der Waals surface area contributed by atoms with Gasteiger partial charge in [0, 0.05) is 17.8 Å². The van der Waals surface area contributed by atoms with Crippen molar-refractivity contribution in [2.24, 2.45) is 0 Å². The Hall–Kier alpha value is -3.42. The third-order valence-electron chi connectivity index (χ3n) is 4.96. The summed E-state index contributed by atoms with van der Waals surface area (Å²) >= 11 is 0. The fraction of sp³-hybridized carbons (Fsp3) is 0.364. The number of hydrogen-bond acceptors (Lipinski definition) is 5. The zero-order valence-electron chi connectivity index (χ0n) is 17.5. The van der Waals surface area contributed by atoms with Crippen molar-refractivity contribution in [3.05, 3.63) is 58.1 Å². The predicted molar refractivity (Wildman–Crippen MR) is 114 cm³/mol. The number of nitrogens with one attached hydrogen (secondary N) is 1. The number of hydrogen-bond donors (Lipinski definition) is 1. The van der Waals surface area contributed by atoms with Crippen LogP contribution in [-0.4, -0.2) is 29.4 Å². The molecular weight excluding hydrogens is 386 g/mol. The van der Waals surface area contributed by atoms with E-state index in [1.165, 1.54) is 23.1 Å². The number of nitrogens with zero attached hydrogens (tertiary/aromatic N) is 2. The molecule has 0 bridgehead atoms. The molecule has 1 aliphatic rings. The molecule has 2 amide bonds. The molecule has 0 aliphatic carbocycles. The van der Waals surface area contributed by atoms with Crippen LogP contribution in [0.4, 0.5) is 17.1 Å². The number of carbonyl (C=O) groups excluding carboxylic acids is 2. The van der Waals surface area contributed by atoms with Crippen LogP contribution in [0, 0.1) is 10.1 Å². The van der Waals surface area contributed by atoms with E-state index in [1.807, 2.05) is 24.3 Å². The highest BCUT2D eigenvalue weighted by Crippen LogP contribution is 2.37. The van der Waals surface area contributed by atoms with E-state index in [-0.39, 0.29) is 23.3 Å². The minimum Gasteiger partial charge on any atom is -0.478 e. The van der Waals surface area contributed by atoms with Crippen LogP contribution >= 0.6 is 0 Å². The average molecular weight is 411 g/mol. The van der Waals surface area contributed by atoms with Gasteiger partial charge < -0.3 is 10.1 Å². The lowest BCUT2D eigenvalue weighted by atomic mass is 9.87. The van der Waals surface area contributed by atoms with E-state index in [9.17, 15) is 19.7 Å². The second-order valence-electron chi connectivity index (χ2n) is 8.22. The van der Waals surface area contributed by atoms with Crippen LogP contribution in [-0.2, 0) is 15.0 Å². The summed E-state index contributed by atoms with van der Waals surface area (Å²) in [4.78, 5) is 37.3. The van der Waals surface area contributed by atoms with Gasteiger partial charge >= 0.3 is 0 Å². The third-order valence-corrected chi connectivity index (χ3v) is 4.96. The molecule has 3 rings (SSSR count). The van der Waals surface area contributed by atoms with Gasteiger partial charge in [-0.05, 0) is 35.6 Å². The zero-order valence-corrected chi connectivity index (χ0v) is 17.5. The summed E-state index contributed by atoms with van der Waals surface area (Å²) in [6.45, 7) is 7.84. The Labute approximate surface area is 175 Å². The Morgan fingerprint density at radius 1 is 1.20 bits per heavy atom. The summed E-state index contributed by atoms with van der Waals surface area (Å²) in [5, 5.41) is 13.9. The lowest BCUT2D eigenvalue weighted by molar-refractivity contribution is -0.384. The second-order valence-corrected chi connectivity index (χ2v) is 8.22. The molecule has 8 heteroatoms. The van der Waals surface area contributed by atoms with Crippen LogP contribution in [0.25, 0.3) is 0 Å². The van der Waals surface area contributed by atoms with Gasteiger partial charge in [0.1, 0.15) is 12.3 Å². The Balaban J connectivity index is 1.82. The molecular formula is C22H25N3O5. The van der Waals surface area contributed by atoms with E-state index >= 15 is 0 Å². The van der Waals surface area contributed by atoms with Gasteiger partial charge in [-0.2, -0.15) is 0 Å². The lowest BCUT2D eigenvalue weighted by Gasteiger charge is -2.33. The predicted octanol–water partition coefficient (Wildman–Crippen LogP) is 4.04. The monoisotopic (exact) mass is 411 g/mol. The van der Waals surface area contributed by atoms with Gasteiger partial charge in [0.2, 0.25) is 5.91 Å². The van der Waals surface area contributed by atoms with Crippen molar-refractivity contribution >= 4 is 28.9 Å². The SMILES string of the molecule is CCC1Oc2ccc([N+](=O)[O-])cc2N(CC(=O)Nc2ccc(C(C)(C)C)cc2)C1=O. The quantitative estimate of drug-likeness (QED) is 0.591. The van der Waals surface area contributed by atoms with Crippen LogP contribution < -0.4 is 15.0 Å². The van der Waals surface area contributed by atoms with Crippen molar-refractivity contribution in [3.63, 3.8) is 0 Å². The van der Waals surface area contributed by atoms with Gasteiger partial charge in [-0.25, -0.2) is 0 Å². The molecule has 2 aromatic rings. The minimum absolute atomic E-state index is 0.00362. The summed E-state index contributed by atoms with van der Waals surface area (Å²) < 4.78 is 5.66. The molecule has 0 saturated heterocycles. The van der Waals surface area contributed by atoms with E-state index in [0.717, 1.165) is 5.56 Å². The van der Waals surface area contributed by atoms with Crippen molar-refractivity contribution in [3.8, 4) is 5.75 Å². The molecule has 1 atom stereocenters. The lowest BCUT2D eigenvalue weighted by Crippen LogP contribution is -2.48. The fourth-order valence-electron chi connectivity index (χ4n) is 3.24. The minimum atomic E-state index is -0.738. The first kappa shape index (κ1) is 21.3. The molecule has 2 aromatic carbocycles. The number of nitro benzene ring substituents is 1. The van der Waals surface area contributed by atoms with E-state index in [4.69, 9.17) is 4.74 Å². The van der Waals surface area contributed by atoms with Crippen molar-refractivity contribution in [1.29, 1.82) is 0 Å².